The van der Waals surface area contributed by atoms with Gasteiger partial charge in [-0.3, -0.25) is 0 Å². The molecule has 1 N–H and O–H groups in total. The molecule has 196 valence electrons. The largest absolute Gasteiger partial charge is 0.337 e. The van der Waals surface area contributed by atoms with Gasteiger partial charge in [0.1, 0.15) is 0 Å². The van der Waals surface area contributed by atoms with Crippen molar-refractivity contribution in [1.29, 1.82) is 0 Å². The lowest BCUT2D eigenvalue weighted by Crippen LogP contribution is -2.46. The highest BCUT2D eigenvalue weighted by Crippen LogP contribution is 2.48. The van der Waals surface area contributed by atoms with Crippen LogP contribution in [0.1, 0.15) is 28.4 Å². The van der Waals surface area contributed by atoms with Crippen LogP contribution in [-0.2, 0) is 0 Å². The van der Waals surface area contributed by atoms with Crippen LogP contribution < -0.4 is 10.2 Å². The zero-order valence-corrected chi connectivity index (χ0v) is 25.0. The van der Waals surface area contributed by atoms with E-state index in [1.807, 2.05) is 53.2 Å². The summed E-state index contributed by atoms with van der Waals surface area (Å²) in [6, 6.07) is 33.0. The molecule has 8 heteroatoms. The number of anilines is 2. The second kappa shape index (κ2) is 9.87. The molecule has 3 heterocycles. The maximum Gasteiger partial charge on any atom is 0.179 e. The van der Waals surface area contributed by atoms with Gasteiger partial charge in [0.05, 0.1) is 28.8 Å². The average molecular weight is 652 g/mol. The normalized spacial score (nSPS) is 15.5. The number of amidine groups is 2. The van der Waals surface area contributed by atoms with Crippen LogP contribution >= 0.6 is 31.9 Å². The molecule has 1 aromatic heterocycles. The summed E-state index contributed by atoms with van der Waals surface area (Å²) in [5.41, 5.74) is 8.12. The van der Waals surface area contributed by atoms with Gasteiger partial charge in [0, 0.05) is 20.2 Å². The third kappa shape index (κ3) is 4.19. The first kappa shape index (κ1) is 25.0. The van der Waals surface area contributed by atoms with Gasteiger partial charge in [-0.05, 0) is 79.6 Å². The number of hydrogen-bond donors (Lipinski definition) is 1. The molecular weight excluding hydrogens is 628 g/mol. The summed E-state index contributed by atoms with van der Waals surface area (Å²) in [4.78, 5) is 12.7. The van der Waals surface area contributed by atoms with E-state index in [4.69, 9.17) is 15.1 Å². The van der Waals surface area contributed by atoms with E-state index in [0.717, 1.165) is 65.7 Å². The molecule has 1 atom stereocenters. The van der Waals surface area contributed by atoms with Crippen LogP contribution in [-0.4, -0.2) is 21.5 Å². The Hall–Kier alpha value is -4.01. The Labute approximate surface area is 249 Å². The van der Waals surface area contributed by atoms with E-state index in [0.29, 0.717) is 5.84 Å². The molecule has 0 bridgehead atoms. The van der Waals surface area contributed by atoms with Crippen LogP contribution in [0.5, 0.6) is 0 Å². The fraction of sp³-hybridized carbons (Fsp3) is 0.0938. The number of para-hydroxylation sites is 3. The summed E-state index contributed by atoms with van der Waals surface area (Å²) in [5, 5.41) is 8.61. The molecule has 0 saturated heterocycles. The second-order valence-corrected chi connectivity index (χ2v) is 11.7. The summed E-state index contributed by atoms with van der Waals surface area (Å²) >= 11 is 7.16. The van der Waals surface area contributed by atoms with Crippen LogP contribution in [0.3, 0.4) is 0 Å². The van der Waals surface area contributed by atoms with Gasteiger partial charge in [-0.15, -0.1) is 0 Å². The van der Waals surface area contributed by atoms with E-state index in [9.17, 15) is 0 Å². The highest BCUT2D eigenvalue weighted by atomic mass is 79.9. The van der Waals surface area contributed by atoms with Gasteiger partial charge in [-0.2, -0.15) is 5.10 Å². The highest BCUT2D eigenvalue weighted by molar-refractivity contribution is 9.10. The van der Waals surface area contributed by atoms with Gasteiger partial charge in [0.25, 0.3) is 0 Å². The number of nitrogens with one attached hydrogen (secondary N) is 1. The first-order valence-corrected chi connectivity index (χ1v) is 14.6. The van der Waals surface area contributed by atoms with Crippen LogP contribution in [0.2, 0.25) is 0 Å². The lowest BCUT2D eigenvalue weighted by Gasteiger charge is -2.40. The average Bonchev–Trinajstić information content (AvgIpc) is 3.29. The molecule has 40 heavy (non-hydrogen) atoms. The van der Waals surface area contributed by atoms with Gasteiger partial charge >= 0.3 is 0 Å². The quantitative estimate of drug-likeness (QED) is 0.212. The van der Waals surface area contributed by atoms with Crippen LogP contribution in [0.25, 0.3) is 5.69 Å². The third-order valence-corrected chi connectivity index (χ3v) is 8.33. The predicted octanol–water partition coefficient (Wildman–Crippen LogP) is 8.81. The van der Waals surface area contributed by atoms with Crippen molar-refractivity contribution in [3.8, 4) is 5.69 Å². The van der Waals surface area contributed by atoms with E-state index < -0.39 is 0 Å². The molecule has 2 aliphatic rings. The Morgan fingerprint density at radius 3 is 2.10 bits per heavy atom. The Kier molecular flexibility index (Phi) is 6.17. The van der Waals surface area contributed by atoms with E-state index >= 15 is 0 Å². The SMILES string of the molecule is Cc1ccccc1-n1nc(C)c2c1N=C1C(Nc3ccc(Br)cc3)=Nc3ccccc3N1[C@H]2c1ccc(Br)cc1. The van der Waals surface area contributed by atoms with Crippen molar-refractivity contribution >= 4 is 66.4 Å². The molecule has 0 fully saturated rings. The van der Waals surface area contributed by atoms with Crippen molar-refractivity contribution in [2.24, 2.45) is 9.98 Å². The molecule has 7 rings (SSSR count). The fourth-order valence-corrected chi connectivity index (χ4v) is 5.93. The van der Waals surface area contributed by atoms with Gasteiger partial charge in [-0.1, -0.05) is 74.3 Å². The monoisotopic (exact) mass is 650 g/mol. The molecule has 0 saturated carbocycles. The number of aliphatic imine (C=N–C) groups is 2. The van der Waals surface area contributed by atoms with Gasteiger partial charge in [0.2, 0.25) is 0 Å². The maximum absolute atomic E-state index is 5.32. The third-order valence-electron chi connectivity index (χ3n) is 7.27. The number of nitrogens with zero attached hydrogens (tertiary/aromatic N) is 5. The summed E-state index contributed by atoms with van der Waals surface area (Å²) in [7, 11) is 0. The molecule has 2 aliphatic heterocycles. The minimum Gasteiger partial charge on any atom is -0.337 e. The number of hydrogen-bond acceptors (Lipinski definition) is 5. The van der Waals surface area contributed by atoms with Crippen molar-refractivity contribution in [2.75, 3.05) is 10.2 Å². The zero-order valence-electron chi connectivity index (χ0n) is 21.8. The predicted molar refractivity (Wildman–Crippen MR) is 170 cm³/mol. The van der Waals surface area contributed by atoms with E-state index in [1.165, 1.54) is 0 Å². The number of rotatable bonds is 3. The molecule has 5 aromatic rings. The molecule has 0 radical (unpaired) electrons. The van der Waals surface area contributed by atoms with Crippen molar-refractivity contribution < 1.29 is 0 Å². The summed E-state index contributed by atoms with van der Waals surface area (Å²) in [6.07, 6.45) is 0. The number of fused-ring (bicyclic) bond motifs is 4. The minimum absolute atomic E-state index is 0.160. The second-order valence-electron chi connectivity index (χ2n) is 9.86. The number of benzene rings is 4. The topological polar surface area (TPSA) is 57.8 Å². The smallest absolute Gasteiger partial charge is 0.179 e. The van der Waals surface area contributed by atoms with E-state index in [1.54, 1.807) is 0 Å². The lowest BCUT2D eigenvalue weighted by atomic mass is 9.93. The van der Waals surface area contributed by atoms with Gasteiger partial charge < -0.3 is 10.2 Å². The molecule has 0 amide bonds. The molecule has 4 aromatic carbocycles. The highest BCUT2D eigenvalue weighted by Gasteiger charge is 2.41. The number of aryl methyl sites for hydroxylation is 2. The first-order valence-electron chi connectivity index (χ1n) is 13.0. The number of halogens is 2. The van der Waals surface area contributed by atoms with Crippen molar-refractivity contribution in [1.82, 2.24) is 9.78 Å². The minimum atomic E-state index is -0.160. The summed E-state index contributed by atoms with van der Waals surface area (Å²) < 4.78 is 4.03. The summed E-state index contributed by atoms with van der Waals surface area (Å²) in [6.45, 7) is 4.18. The van der Waals surface area contributed by atoms with Gasteiger partial charge in [-0.25, -0.2) is 14.7 Å². The van der Waals surface area contributed by atoms with Crippen molar-refractivity contribution in [3.05, 3.63) is 128 Å². The van der Waals surface area contributed by atoms with Gasteiger partial charge in [0.15, 0.2) is 17.5 Å². The Morgan fingerprint density at radius 2 is 1.38 bits per heavy atom. The van der Waals surface area contributed by atoms with Crippen LogP contribution in [0.15, 0.2) is 116 Å². The maximum atomic E-state index is 5.32. The standard InChI is InChI=1S/C32H24Br2N6/c1-19-7-3-5-9-26(19)40-31-28(20(2)38-40)29(21-11-13-22(33)14-12-21)39-27-10-6-4-8-25(27)36-30(32(39)37-31)35-24-17-15-23(34)16-18-24/h3-18,29H,1-2H3,(H,35,36)/t29-/m0/s1. The first-order chi connectivity index (χ1) is 19.5. The Morgan fingerprint density at radius 1 is 0.725 bits per heavy atom. The molecular formula is C32H24Br2N6. The molecule has 0 unspecified atom stereocenters. The van der Waals surface area contributed by atoms with E-state index in [2.05, 4.69) is 104 Å². The van der Waals surface area contributed by atoms with Crippen LogP contribution in [0, 0.1) is 13.8 Å². The lowest BCUT2D eigenvalue weighted by molar-refractivity contribution is 0.814. The van der Waals surface area contributed by atoms with E-state index in [-0.39, 0.29) is 6.04 Å². The molecule has 6 nitrogen and oxygen atoms in total. The van der Waals surface area contributed by atoms with Crippen LogP contribution in [0.4, 0.5) is 22.9 Å². The Balaban J connectivity index is 1.50. The molecule has 0 spiro atoms. The zero-order chi connectivity index (χ0) is 27.4. The number of aromatic nitrogens is 2. The van der Waals surface area contributed by atoms with Crippen molar-refractivity contribution in [3.63, 3.8) is 0 Å². The fourth-order valence-electron chi connectivity index (χ4n) is 5.40. The van der Waals surface area contributed by atoms with Crippen molar-refractivity contribution in [2.45, 2.75) is 19.9 Å². The summed E-state index contributed by atoms with van der Waals surface area (Å²) in [5.74, 6) is 2.25. The Bertz CT molecular complexity index is 1820. The molecule has 0 aliphatic carbocycles.